The molecule has 4 bridgehead atoms. The normalized spacial score (nSPS) is 42.6. The molecule has 0 radical (unpaired) electrons. The average molecular weight is 278 g/mol. The third kappa shape index (κ3) is 2.25. The summed E-state index contributed by atoms with van der Waals surface area (Å²) >= 11 is 0. The summed E-state index contributed by atoms with van der Waals surface area (Å²) in [5.41, 5.74) is 0.0256. The molecule has 110 valence electrons. The fourth-order valence-corrected chi connectivity index (χ4v) is 5.36. The topological polar surface area (TPSA) is 63.6 Å². The predicted molar refractivity (Wildman–Crippen MR) is 73.0 cm³/mol. The van der Waals surface area contributed by atoms with E-state index < -0.39 is 5.97 Å². The van der Waals surface area contributed by atoms with Gasteiger partial charge in [0.05, 0.1) is 0 Å². The molecule has 0 aliphatic heterocycles. The Morgan fingerprint density at radius 1 is 1.15 bits per heavy atom. The van der Waals surface area contributed by atoms with Crippen LogP contribution in [0.1, 0.15) is 52.4 Å². The standard InChI is InChI=1S/C16H22O4/c1-10(14(18)19)4-15-5-12-3-13(6-15)8-16(7-12,9-15)20-11(2)17/h4,12-13H,3,5-9H2,1-2H3,(H,18,19). The molecule has 1 N–H and O–H groups in total. The number of hydrogen-bond donors (Lipinski definition) is 1. The second kappa shape index (κ2) is 4.34. The largest absolute Gasteiger partial charge is 0.478 e. The summed E-state index contributed by atoms with van der Waals surface area (Å²) in [6.07, 6.45) is 8.00. The van der Waals surface area contributed by atoms with Crippen LogP contribution in [0.2, 0.25) is 0 Å². The lowest BCUT2D eigenvalue weighted by Gasteiger charge is -2.60. The third-order valence-electron chi connectivity index (χ3n) is 5.27. The van der Waals surface area contributed by atoms with Crippen LogP contribution in [0.4, 0.5) is 0 Å². The number of carboxylic acids is 1. The zero-order chi connectivity index (χ0) is 14.5. The van der Waals surface area contributed by atoms with E-state index in [1.807, 2.05) is 6.08 Å². The highest BCUT2D eigenvalue weighted by Crippen LogP contribution is 2.63. The molecule has 20 heavy (non-hydrogen) atoms. The van der Waals surface area contributed by atoms with Gasteiger partial charge in [-0.3, -0.25) is 4.79 Å². The molecule has 4 aliphatic carbocycles. The third-order valence-corrected chi connectivity index (χ3v) is 5.27. The molecule has 0 saturated heterocycles. The maximum Gasteiger partial charge on any atom is 0.330 e. The SMILES string of the molecule is CC(=O)OC12CC3CC(CC(C=C(C)C(=O)O)(C3)C1)C2. The lowest BCUT2D eigenvalue weighted by molar-refractivity contribution is -0.193. The van der Waals surface area contributed by atoms with Gasteiger partial charge in [-0.2, -0.15) is 0 Å². The van der Waals surface area contributed by atoms with E-state index in [1.54, 1.807) is 6.92 Å². The van der Waals surface area contributed by atoms with E-state index in [1.165, 1.54) is 13.3 Å². The van der Waals surface area contributed by atoms with Crippen LogP contribution < -0.4 is 0 Å². The monoisotopic (exact) mass is 278 g/mol. The van der Waals surface area contributed by atoms with Gasteiger partial charge in [0.25, 0.3) is 0 Å². The van der Waals surface area contributed by atoms with E-state index >= 15 is 0 Å². The highest BCUT2D eigenvalue weighted by atomic mass is 16.6. The van der Waals surface area contributed by atoms with Crippen LogP contribution in [0.25, 0.3) is 0 Å². The molecule has 0 aromatic heterocycles. The Bertz CT molecular complexity index is 477. The summed E-state index contributed by atoms with van der Waals surface area (Å²) in [4.78, 5) is 22.6. The van der Waals surface area contributed by atoms with Crippen LogP contribution >= 0.6 is 0 Å². The predicted octanol–water partition coefficient (Wildman–Crippen LogP) is 2.92. The van der Waals surface area contributed by atoms with Crippen molar-refractivity contribution in [3.05, 3.63) is 11.6 Å². The van der Waals surface area contributed by atoms with Gasteiger partial charge in [-0.15, -0.1) is 0 Å². The van der Waals surface area contributed by atoms with E-state index in [0.29, 0.717) is 17.4 Å². The van der Waals surface area contributed by atoms with Crippen molar-refractivity contribution in [2.75, 3.05) is 0 Å². The number of carboxylic acid groups (broad SMARTS) is 1. The Labute approximate surface area is 119 Å². The van der Waals surface area contributed by atoms with E-state index in [4.69, 9.17) is 9.84 Å². The Morgan fingerprint density at radius 3 is 2.25 bits per heavy atom. The zero-order valence-corrected chi connectivity index (χ0v) is 12.1. The van der Waals surface area contributed by atoms with E-state index in [-0.39, 0.29) is 17.0 Å². The summed E-state index contributed by atoms with van der Waals surface area (Å²) in [5.74, 6) is 0.102. The minimum absolute atomic E-state index is 0.0675. The van der Waals surface area contributed by atoms with Gasteiger partial charge < -0.3 is 9.84 Å². The van der Waals surface area contributed by atoms with E-state index in [0.717, 1.165) is 32.1 Å². The van der Waals surface area contributed by atoms with Gasteiger partial charge in [0, 0.05) is 12.5 Å². The summed E-state index contributed by atoms with van der Waals surface area (Å²) in [6, 6.07) is 0. The number of allylic oxidation sites excluding steroid dienone is 1. The number of aliphatic carboxylic acids is 1. The first-order chi connectivity index (χ1) is 9.31. The van der Waals surface area contributed by atoms with E-state index in [9.17, 15) is 9.59 Å². The number of hydrogen-bond acceptors (Lipinski definition) is 3. The van der Waals surface area contributed by atoms with Crippen molar-refractivity contribution >= 4 is 11.9 Å². The molecule has 4 nitrogen and oxygen atoms in total. The number of ether oxygens (including phenoxy) is 1. The van der Waals surface area contributed by atoms with Gasteiger partial charge in [-0.25, -0.2) is 4.79 Å². The van der Waals surface area contributed by atoms with Crippen molar-refractivity contribution in [3.63, 3.8) is 0 Å². The first kappa shape index (κ1) is 13.7. The number of carbonyl (C=O) groups is 2. The van der Waals surface area contributed by atoms with Gasteiger partial charge in [-0.1, -0.05) is 6.08 Å². The molecule has 4 aliphatic rings. The van der Waals surface area contributed by atoms with Crippen LogP contribution in [-0.2, 0) is 14.3 Å². The second-order valence-electron chi connectivity index (χ2n) is 7.23. The van der Waals surface area contributed by atoms with Crippen LogP contribution in [0.3, 0.4) is 0 Å². The van der Waals surface area contributed by atoms with E-state index in [2.05, 4.69) is 0 Å². The highest BCUT2D eigenvalue weighted by molar-refractivity contribution is 5.85. The quantitative estimate of drug-likeness (QED) is 0.637. The molecular weight excluding hydrogens is 256 g/mol. The molecule has 4 heteroatoms. The average Bonchev–Trinajstić information content (AvgIpc) is 2.23. The Hall–Kier alpha value is -1.32. The van der Waals surface area contributed by atoms with Gasteiger partial charge in [0.1, 0.15) is 5.60 Å². The molecule has 4 saturated carbocycles. The van der Waals surface area contributed by atoms with Gasteiger partial charge in [0.15, 0.2) is 0 Å². The summed E-state index contributed by atoms with van der Waals surface area (Å²) in [7, 11) is 0. The van der Waals surface area contributed by atoms with Crippen molar-refractivity contribution in [2.24, 2.45) is 17.3 Å². The molecular formula is C16H22O4. The lowest BCUT2D eigenvalue weighted by atomic mass is 9.47. The number of rotatable bonds is 3. The fraction of sp³-hybridized carbons (Fsp3) is 0.750. The summed E-state index contributed by atoms with van der Waals surface area (Å²) < 4.78 is 5.70. The van der Waals surface area contributed by atoms with Crippen molar-refractivity contribution in [1.82, 2.24) is 0 Å². The van der Waals surface area contributed by atoms with Gasteiger partial charge >= 0.3 is 11.9 Å². The van der Waals surface area contributed by atoms with Gasteiger partial charge in [0.2, 0.25) is 0 Å². The fourth-order valence-electron chi connectivity index (χ4n) is 5.36. The maximum atomic E-state index is 11.4. The molecule has 2 unspecified atom stereocenters. The second-order valence-corrected chi connectivity index (χ2v) is 7.23. The van der Waals surface area contributed by atoms with Crippen molar-refractivity contribution in [2.45, 2.75) is 58.0 Å². The smallest absolute Gasteiger partial charge is 0.330 e. The molecule has 0 heterocycles. The molecule has 4 fully saturated rings. The Morgan fingerprint density at radius 2 is 1.75 bits per heavy atom. The molecule has 0 aromatic carbocycles. The van der Waals surface area contributed by atoms with Crippen LogP contribution in [-0.4, -0.2) is 22.6 Å². The van der Waals surface area contributed by atoms with Crippen LogP contribution in [0.15, 0.2) is 11.6 Å². The molecule has 0 spiro atoms. The first-order valence-corrected chi connectivity index (χ1v) is 7.44. The molecule has 0 aromatic rings. The maximum absolute atomic E-state index is 11.4. The lowest BCUT2D eigenvalue weighted by Crippen LogP contribution is -2.56. The minimum Gasteiger partial charge on any atom is -0.478 e. The van der Waals surface area contributed by atoms with Gasteiger partial charge in [-0.05, 0) is 62.7 Å². The minimum atomic E-state index is -0.845. The first-order valence-electron chi connectivity index (χ1n) is 7.44. The molecule has 2 atom stereocenters. The Balaban J connectivity index is 1.92. The van der Waals surface area contributed by atoms with Crippen LogP contribution in [0, 0.1) is 17.3 Å². The highest BCUT2D eigenvalue weighted by Gasteiger charge is 2.58. The van der Waals surface area contributed by atoms with Crippen molar-refractivity contribution in [3.8, 4) is 0 Å². The van der Waals surface area contributed by atoms with Crippen molar-refractivity contribution in [1.29, 1.82) is 0 Å². The summed E-state index contributed by atoms with van der Waals surface area (Å²) in [6.45, 7) is 3.14. The Kier molecular flexibility index (Phi) is 2.96. The van der Waals surface area contributed by atoms with Crippen LogP contribution in [0.5, 0.6) is 0 Å². The summed E-state index contributed by atoms with van der Waals surface area (Å²) in [5, 5.41) is 9.14. The number of esters is 1. The number of carbonyl (C=O) groups excluding carboxylic acids is 1. The molecule has 0 amide bonds. The molecule has 4 rings (SSSR count). The van der Waals surface area contributed by atoms with Crippen molar-refractivity contribution < 1.29 is 19.4 Å². The zero-order valence-electron chi connectivity index (χ0n) is 12.1.